The van der Waals surface area contributed by atoms with Crippen molar-refractivity contribution in [2.75, 3.05) is 7.11 Å². The maximum Gasteiger partial charge on any atom is 0.355 e. The van der Waals surface area contributed by atoms with E-state index in [2.05, 4.69) is 4.98 Å². The second-order valence-corrected chi connectivity index (χ2v) is 4.84. The van der Waals surface area contributed by atoms with E-state index in [1.807, 2.05) is 26.0 Å². The molecule has 0 atom stereocenters. The van der Waals surface area contributed by atoms with Crippen molar-refractivity contribution in [3.8, 4) is 16.3 Å². The van der Waals surface area contributed by atoms with Gasteiger partial charge in [0.15, 0.2) is 5.69 Å². The van der Waals surface area contributed by atoms with E-state index in [9.17, 15) is 4.79 Å². The van der Waals surface area contributed by atoms with Gasteiger partial charge in [-0.1, -0.05) is 0 Å². The molecular formula is C13H13NO3S. The molecule has 0 saturated carbocycles. The van der Waals surface area contributed by atoms with Gasteiger partial charge in [-0.05, 0) is 37.1 Å². The highest BCUT2D eigenvalue weighted by Crippen LogP contribution is 2.34. The predicted octanol–water partition coefficient (Wildman–Crippen LogP) is 3.13. The van der Waals surface area contributed by atoms with Crippen LogP contribution in [0.1, 0.15) is 21.6 Å². The fourth-order valence-corrected chi connectivity index (χ4v) is 2.44. The van der Waals surface area contributed by atoms with Gasteiger partial charge in [0.25, 0.3) is 0 Å². The van der Waals surface area contributed by atoms with Crippen LogP contribution in [0.5, 0.6) is 5.75 Å². The maximum absolute atomic E-state index is 10.8. The number of ether oxygens (including phenoxy) is 1. The Kier molecular flexibility index (Phi) is 3.34. The van der Waals surface area contributed by atoms with E-state index >= 15 is 0 Å². The normalized spacial score (nSPS) is 10.4. The van der Waals surface area contributed by atoms with E-state index in [4.69, 9.17) is 9.84 Å². The first-order valence-electron chi connectivity index (χ1n) is 5.37. The number of hydrogen-bond acceptors (Lipinski definition) is 4. The average molecular weight is 263 g/mol. The highest BCUT2D eigenvalue weighted by Gasteiger charge is 2.14. The first-order chi connectivity index (χ1) is 8.52. The number of rotatable bonds is 3. The number of benzene rings is 1. The topological polar surface area (TPSA) is 59.4 Å². The van der Waals surface area contributed by atoms with Crippen LogP contribution in [0, 0.1) is 13.8 Å². The summed E-state index contributed by atoms with van der Waals surface area (Å²) in [7, 11) is 1.60. The lowest BCUT2D eigenvalue weighted by molar-refractivity contribution is 0.0691. The van der Waals surface area contributed by atoms with E-state index in [0.717, 1.165) is 16.7 Å². The third kappa shape index (κ3) is 2.22. The molecule has 0 amide bonds. The zero-order valence-corrected chi connectivity index (χ0v) is 11.2. The molecule has 2 rings (SSSR count). The Morgan fingerprint density at radius 2 is 2.00 bits per heavy atom. The zero-order chi connectivity index (χ0) is 13.3. The molecule has 0 radical (unpaired) electrons. The molecule has 4 nitrogen and oxygen atoms in total. The molecule has 1 heterocycles. The number of carboxylic acids is 1. The van der Waals surface area contributed by atoms with Crippen molar-refractivity contribution < 1.29 is 14.6 Å². The second kappa shape index (κ2) is 4.78. The van der Waals surface area contributed by atoms with Gasteiger partial charge in [0.2, 0.25) is 0 Å². The van der Waals surface area contributed by atoms with Crippen molar-refractivity contribution in [2.24, 2.45) is 0 Å². The quantitative estimate of drug-likeness (QED) is 0.924. The molecule has 1 aromatic heterocycles. The minimum absolute atomic E-state index is 0.0651. The van der Waals surface area contributed by atoms with Crippen LogP contribution < -0.4 is 4.74 Å². The number of nitrogens with zero attached hydrogens (tertiary/aromatic N) is 1. The number of thiazole rings is 1. The number of aromatic nitrogens is 1. The third-order valence-corrected chi connectivity index (χ3v) is 3.65. The summed E-state index contributed by atoms with van der Waals surface area (Å²) in [6.45, 7) is 4.01. The fraction of sp³-hybridized carbons (Fsp3) is 0.231. The molecule has 1 N–H and O–H groups in total. The Labute approximate surface area is 109 Å². The lowest BCUT2D eigenvalue weighted by Crippen LogP contribution is -1.96. The number of methoxy groups -OCH3 is 1. The molecule has 0 fully saturated rings. The molecule has 0 spiro atoms. The lowest BCUT2D eigenvalue weighted by atomic mass is 10.1. The van der Waals surface area contributed by atoms with Gasteiger partial charge in [0.1, 0.15) is 10.8 Å². The first-order valence-corrected chi connectivity index (χ1v) is 6.25. The van der Waals surface area contributed by atoms with Crippen LogP contribution in [-0.2, 0) is 0 Å². The van der Waals surface area contributed by atoms with E-state index in [1.54, 1.807) is 7.11 Å². The van der Waals surface area contributed by atoms with Gasteiger partial charge in [-0.3, -0.25) is 0 Å². The summed E-state index contributed by atoms with van der Waals surface area (Å²) in [6, 6.07) is 3.91. The Bertz CT molecular complexity index is 604. The van der Waals surface area contributed by atoms with E-state index in [-0.39, 0.29) is 5.69 Å². The van der Waals surface area contributed by atoms with E-state index < -0.39 is 5.97 Å². The Morgan fingerprint density at radius 3 is 2.56 bits per heavy atom. The molecule has 2 aromatic rings. The minimum atomic E-state index is -1.01. The summed E-state index contributed by atoms with van der Waals surface area (Å²) in [6.07, 6.45) is 0. The standard InChI is InChI=1S/C13H13NO3S/c1-7-4-9(11(17-3)5-8(7)2)12-14-10(6-18-12)13(15)16/h4-6H,1-3H3,(H,15,16). The Balaban J connectivity index is 2.55. The highest BCUT2D eigenvalue weighted by atomic mass is 32.1. The molecule has 0 aliphatic carbocycles. The summed E-state index contributed by atoms with van der Waals surface area (Å²) in [4.78, 5) is 14.9. The number of carboxylic acid groups (broad SMARTS) is 1. The SMILES string of the molecule is COc1cc(C)c(C)cc1-c1nc(C(=O)O)cs1. The van der Waals surface area contributed by atoms with Crippen LogP contribution >= 0.6 is 11.3 Å². The first kappa shape index (κ1) is 12.6. The number of aromatic carboxylic acids is 1. The van der Waals surface area contributed by atoms with Gasteiger partial charge in [-0.15, -0.1) is 11.3 Å². The molecule has 5 heteroatoms. The smallest absolute Gasteiger partial charge is 0.355 e. The van der Waals surface area contributed by atoms with Crippen LogP contribution in [0.4, 0.5) is 0 Å². The summed E-state index contributed by atoms with van der Waals surface area (Å²) in [5, 5.41) is 11.1. The summed E-state index contributed by atoms with van der Waals surface area (Å²) >= 11 is 1.30. The third-order valence-electron chi connectivity index (χ3n) is 2.77. The molecule has 94 valence electrons. The fourth-order valence-electron chi connectivity index (χ4n) is 1.62. The highest BCUT2D eigenvalue weighted by molar-refractivity contribution is 7.13. The molecule has 1 aromatic carbocycles. The number of aryl methyl sites for hydroxylation is 2. The average Bonchev–Trinajstić information content (AvgIpc) is 2.81. The van der Waals surface area contributed by atoms with Gasteiger partial charge >= 0.3 is 5.97 Å². The Morgan fingerprint density at radius 1 is 1.33 bits per heavy atom. The molecular weight excluding hydrogens is 250 g/mol. The van der Waals surface area contributed by atoms with Crippen LogP contribution in [0.25, 0.3) is 10.6 Å². The number of carbonyl (C=O) groups is 1. The van der Waals surface area contributed by atoms with Gasteiger partial charge in [-0.2, -0.15) is 0 Å². The van der Waals surface area contributed by atoms with Crippen molar-refractivity contribution in [1.29, 1.82) is 0 Å². The molecule has 0 bridgehead atoms. The van der Waals surface area contributed by atoms with Crippen molar-refractivity contribution >= 4 is 17.3 Å². The zero-order valence-electron chi connectivity index (χ0n) is 10.4. The van der Waals surface area contributed by atoms with Crippen molar-refractivity contribution in [1.82, 2.24) is 4.98 Å². The largest absolute Gasteiger partial charge is 0.496 e. The van der Waals surface area contributed by atoms with Crippen molar-refractivity contribution in [3.63, 3.8) is 0 Å². The summed E-state index contributed by atoms with van der Waals surface area (Å²) in [5.74, 6) is -0.301. The van der Waals surface area contributed by atoms with Crippen molar-refractivity contribution in [2.45, 2.75) is 13.8 Å². The molecule has 0 aliphatic heterocycles. The summed E-state index contributed by atoms with van der Waals surface area (Å²) < 4.78 is 5.32. The molecule has 0 unspecified atom stereocenters. The van der Waals surface area contributed by atoms with E-state index in [1.165, 1.54) is 16.7 Å². The van der Waals surface area contributed by atoms with Crippen LogP contribution in [0.2, 0.25) is 0 Å². The lowest BCUT2D eigenvalue weighted by Gasteiger charge is -2.09. The van der Waals surface area contributed by atoms with Crippen molar-refractivity contribution in [3.05, 3.63) is 34.3 Å². The van der Waals surface area contributed by atoms with Gasteiger partial charge in [0, 0.05) is 5.38 Å². The van der Waals surface area contributed by atoms with Gasteiger partial charge in [0.05, 0.1) is 12.7 Å². The van der Waals surface area contributed by atoms with Crippen LogP contribution in [0.3, 0.4) is 0 Å². The minimum Gasteiger partial charge on any atom is -0.496 e. The molecule has 18 heavy (non-hydrogen) atoms. The monoisotopic (exact) mass is 263 g/mol. The maximum atomic E-state index is 10.8. The van der Waals surface area contributed by atoms with E-state index in [0.29, 0.717) is 10.8 Å². The van der Waals surface area contributed by atoms with Crippen LogP contribution in [-0.4, -0.2) is 23.2 Å². The Hall–Kier alpha value is -1.88. The van der Waals surface area contributed by atoms with Crippen LogP contribution in [0.15, 0.2) is 17.5 Å². The molecule has 0 saturated heterocycles. The summed E-state index contributed by atoms with van der Waals surface area (Å²) in [5.41, 5.74) is 3.15. The molecule has 0 aliphatic rings. The number of hydrogen-bond donors (Lipinski definition) is 1. The predicted molar refractivity (Wildman–Crippen MR) is 70.5 cm³/mol. The van der Waals surface area contributed by atoms with Gasteiger partial charge in [-0.25, -0.2) is 9.78 Å². The second-order valence-electron chi connectivity index (χ2n) is 3.98. The van der Waals surface area contributed by atoms with Gasteiger partial charge < -0.3 is 9.84 Å².